The Balaban J connectivity index is 3.07. The lowest BCUT2D eigenvalue weighted by atomic mass is 10.2. The van der Waals surface area contributed by atoms with E-state index in [2.05, 4.69) is 4.74 Å². The molecule has 0 atom stereocenters. The molecule has 0 radical (unpaired) electrons. The summed E-state index contributed by atoms with van der Waals surface area (Å²) in [5.74, 6) is -2.31. The Hall–Kier alpha value is -1.17. The van der Waals surface area contributed by atoms with Crippen molar-refractivity contribution < 1.29 is 22.3 Å². The SMILES string of the molecule is Nc1c(CCl)ccc(OC(F)(F)F)c1F. The van der Waals surface area contributed by atoms with E-state index in [1.54, 1.807) is 0 Å². The Bertz CT molecular complexity index is 366. The van der Waals surface area contributed by atoms with E-state index in [9.17, 15) is 17.6 Å². The summed E-state index contributed by atoms with van der Waals surface area (Å²) in [4.78, 5) is 0. The molecule has 0 aromatic heterocycles. The lowest BCUT2D eigenvalue weighted by Crippen LogP contribution is -2.18. The zero-order valence-electron chi connectivity index (χ0n) is 7.24. The molecule has 0 fully saturated rings. The van der Waals surface area contributed by atoms with Crippen molar-refractivity contribution in [1.29, 1.82) is 0 Å². The number of nitrogens with two attached hydrogens (primary N) is 1. The van der Waals surface area contributed by atoms with Gasteiger partial charge in [0.25, 0.3) is 0 Å². The van der Waals surface area contributed by atoms with Gasteiger partial charge in [-0.05, 0) is 11.6 Å². The van der Waals surface area contributed by atoms with Crippen LogP contribution in [0.15, 0.2) is 12.1 Å². The maximum Gasteiger partial charge on any atom is 0.573 e. The molecule has 1 aromatic carbocycles. The highest BCUT2D eigenvalue weighted by molar-refractivity contribution is 6.17. The number of hydrogen-bond donors (Lipinski definition) is 1. The third kappa shape index (κ3) is 2.89. The number of anilines is 1. The smallest absolute Gasteiger partial charge is 0.403 e. The van der Waals surface area contributed by atoms with Gasteiger partial charge < -0.3 is 10.5 Å². The highest BCUT2D eigenvalue weighted by atomic mass is 35.5. The summed E-state index contributed by atoms with van der Waals surface area (Å²) in [7, 11) is 0. The zero-order valence-corrected chi connectivity index (χ0v) is 7.99. The zero-order chi connectivity index (χ0) is 11.6. The summed E-state index contributed by atoms with van der Waals surface area (Å²) in [5.41, 5.74) is 4.98. The number of halogens is 5. The van der Waals surface area contributed by atoms with Crippen molar-refractivity contribution >= 4 is 17.3 Å². The average molecular weight is 244 g/mol. The highest BCUT2D eigenvalue weighted by Gasteiger charge is 2.32. The summed E-state index contributed by atoms with van der Waals surface area (Å²) in [6.07, 6.45) is -4.95. The normalized spacial score (nSPS) is 11.5. The van der Waals surface area contributed by atoms with Crippen molar-refractivity contribution in [3.8, 4) is 5.75 Å². The van der Waals surface area contributed by atoms with E-state index in [0.717, 1.165) is 6.07 Å². The molecular weight excluding hydrogens is 238 g/mol. The molecule has 1 rings (SSSR count). The average Bonchev–Trinajstić information content (AvgIpc) is 2.11. The number of ether oxygens (including phenoxy) is 1. The van der Waals surface area contributed by atoms with Crippen LogP contribution in [0.25, 0.3) is 0 Å². The quantitative estimate of drug-likeness (QED) is 0.492. The van der Waals surface area contributed by atoms with Gasteiger partial charge in [0, 0.05) is 5.88 Å². The molecule has 2 nitrogen and oxygen atoms in total. The fourth-order valence-corrected chi connectivity index (χ4v) is 1.17. The Kier molecular flexibility index (Phi) is 3.28. The molecule has 0 amide bonds. The van der Waals surface area contributed by atoms with Crippen molar-refractivity contribution in [2.75, 3.05) is 5.73 Å². The number of nitrogen functional groups attached to an aromatic ring is 1. The maximum atomic E-state index is 13.2. The van der Waals surface area contributed by atoms with Gasteiger partial charge in [-0.1, -0.05) is 6.07 Å². The van der Waals surface area contributed by atoms with Crippen LogP contribution in [-0.4, -0.2) is 6.36 Å². The van der Waals surface area contributed by atoms with E-state index in [1.807, 2.05) is 0 Å². The molecule has 0 aliphatic carbocycles. The Morgan fingerprint density at radius 3 is 2.40 bits per heavy atom. The predicted octanol–water partition coefficient (Wildman–Crippen LogP) is 3.05. The summed E-state index contributed by atoms with van der Waals surface area (Å²) < 4.78 is 51.9. The molecule has 0 heterocycles. The molecular formula is C8H6ClF4NO. The third-order valence-corrected chi connectivity index (χ3v) is 1.89. The van der Waals surface area contributed by atoms with Crippen LogP contribution in [0.2, 0.25) is 0 Å². The van der Waals surface area contributed by atoms with E-state index in [1.165, 1.54) is 6.07 Å². The molecule has 7 heteroatoms. The number of alkyl halides is 4. The van der Waals surface area contributed by atoms with Gasteiger partial charge in [-0.25, -0.2) is 4.39 Å². The van der Waals surface area contributed by atoms with Gasteiger partial charge >= 0.3 is 6.36 Å². The van der Waals surface area contributed by atoms with Crippen LogP contribution in [-0.2, 0) is 5.88 Å². The van der Waals surface area contributed by atoms with Gasteiger partial charge in [0.05, 0.1) is 5.69 Å². The van der Waals surface area contributed by atoms with Crippen LogP contribution in [0.1, 0.15) is 5.56 Å². The largest absolute Gasteiger partial charge is 0.573 e. The monoisotopic (exact) mass is 243 g/mol. The predicted molar refractivity (Wildman–Crippen MR) is 47.1 cm³/mol. The lowest BCUT2D eigenvalue weighted by molar-refractivity contribution is -0.275. The fourth-order valence-electron chi connectivity index (χ4n) is 0.933. The number of benzene rings is 1. The van der Waals surface area contributed by atoms with Crippen molar-refractivity contribution in [1.82, 2.24) is 0 Å². The first-order valence-corrected chi connectivity index (χ1v) is 4.27. The minimum atomic E-state index is -4.95. The van der Waals surface area contributed by atoms with Crippen molar-refractivity contribution in [2.45, 2.75) is 12.2 Å². The van der Waals surface area contributed by atoms with Crippen molar-refractivity contribution in [2.24, 2.45) is 0 Å². The Morgan fingerprint density at radius 2 is 1.93 bits per heavy atom. The molecule has 84 valence electrons. The lowest BCUT2D eigenvalue weighted by Gasteiger charge is -2.12. The van der Waals surface area contributed by atoms with Crippen LogP contribution in [0.3, 0.4) is 0 Å². The van der Waals surface area contributed by atoms with E-state index in [4.69, 9.17) is 17.3 Å². The standard InChI is InChI=1S/C8H6ClF4NO/c9-3-4-1-2-5(6(10)7(4)14)15-8(11,12)13/h1-2H,3,14H2. The van der Waals surface area contributed by atoms with E-state index in [0.29, 0.717) is 0 Å². The van der Waals surface area contributed by atoms with Gasteiger partial charge in [-0.15, -0.1) is 24.8 Å². The van der Waals surface area contributed by atoms with Crippen LogP contribution in [0, 0.1) is 5.82 Å². The molecule has 1 aromatic rings. The third-order valence-electron chi connectivity index (χ3n) is 1.60. The van der Waals surface area contributed by atoms with Crippen LogP contribution in [0.4, 0.5) is 23.2 Å². The van der Waals surface area contributed by atoms with E-state index >= 15 is 0 Å². The fraction of sp³-hybridized carbons (Fsp3) is 0.250. The molecule has 2 N–H and O–H groups in total. The maximum absolute atomic E-state index is 13.2. The van der Waals surface area contributed by atoms with Crippen molar-refractivity contribution in [3.05, 3.63) is 23.5 Å². The number of rotatable bonds is 2. The van der Waals surface area contributed by atoms with Crippen LogP contribution >= 0.6 is 11.6 Å². The summed E-state index contributed by atoms with van der Waals surface area (Å²) in [6.45, 7) is 0. The molecule has 0 spiro atoms. The Morgan fingerprint density at radius 1 is 1.33 bits per heavy atom. The molecule has 15 heavy (non-hydrogen) atoms. The molecule has 0 unspecified atom stereocenters. The second kappa shape index (κ2) is 4.14. The van der Waals surface area contributed by atoms with Gasteiger partial charge in [0.15, 0.2) is 11.6 Å². The van der Waals surface area contributed by atoms with Gasteiger partial charge in [-0.3, -0.25) is 0 Å². The molecule has 0 bridgehead atoms. The van der Waals surface area contributed by atoms with Gasteiger partial charge in [0.2, 0.25) is 0 Å². The van der Waals surface area contributed by atoms with Crippen molar-refractivity contribution in [3.63, 3.8) is 0 Å². The topological polar surface area (TPSA) is 35.2 Å². The summed E-state index contributed by atoms with van der Waals surface area (Å²) in [6, 6.07) is 2.00. The molecule has 0 saturated carbocycles. The first-order chi connectivity index (χ1) is 6.85. The van der Waals surface area contributed by atoms with Gasteiger partial charge in [0.1, 0.15) is 0 Å². The number of hydrogen-bond acceptors (Lipinski definition) is 2. The summed E-state index contributed by atoms with van der Waals surface area (Å²) >= 11 is 5.38. The second-order valence-electron chi connectivity index (χ2n) is 2.63. The first-order valence-electron chi connectivity index (χ1n) is 3.73. The van der Waals surface area contributed by atoms with Crippen LogP contribution in [0.5, 0.6) is 5.75 Å². The summed E-state index contributed by atoms with van der Waals surface area (Å²) in [5, 5.41) is 0. The van der Waals surface area contributed by atoms with E-state index < -0.39 is 23.6 Å². The molecule has 0 aliphatic rings. The minimum absolute atomic E-state index is 0.0882. The second-order valence-corrected chi connectivity index (χ2v) is 2.90. The van der Waals surface area contributed by atoms with E-state index in [-0.39, 0.29) is 11.4 Å². The van der Waals surface area contributed by atoms with Gasteiger partial charge in [-0.2, -0.15) is 0 Å². The highest BCUT2D eigenvalue weighted by Crippen LogP contribution is 2.30. The van der Waals surface area contributed by atoms with Crippen LogP contribution < -0.4 is 10.5 Å². The Labute approximate surface area is 87.6 Å². The first kappa shape index (κ1) is 11.9. The minimum Gasteiger partial charge on any atom is -0.403 e. The molecule has 0 saturated heterocycles. The molecule has 0 aliphatic heterocycles.